The molecule has 0 unspecified atom stereocenters. The zero-order chi connectivity index (χ0) is 27.0. The number of unbranched alkanes of at least 4 members (excludes halogenated alkanes) is 1. The number of aryl methyl sites for hydroxylation is 1. The molecule has 198 valence electrons. The zero-order valence-electron chi connectivity index (χ0n) is 21.8. The van der Waals surface area contributed by atoms with E-state index in [4.69, 9.17) is 11.5 Å². The zero-order valence-corrected chi connectivity index (χ0v) is 21.8. The number of rotatable bonds is 9. The summed E-state index contributed by atoms with van der Waals surface area (Å²) in [7, 11) is 0. The van der Waals surface area contributed by atoms with Crippen molar-refractivity contribution in [1.29, 1.82) is 0 Å². The highest BCUT2D eigenvalue weighted by Gasteiger charge is 2.44. The van der Waals surface area contributed by atoms with Crippen molar-refractivity contribution in [2.24, 2.45) is 5.73 Å². The molecule has 0 saturated carbocycles. The molecule has 7 nitrogen and oxygen atoms in total. The van der Waals surface area contributed by atoms with E-state index >= 15 is 4.39 Å². The van der Waals surface area contributed by atoms with Gasteiger partial charge in [0.15, 0.2) is 5.82 Å². The second-order valence-electron chi connectivity index (χ2n) is 8.95. The molecule has 1 fully saturated rings. The smallest absolute Gasteiger partial charge is 0.256 e. The molecule has 36 heavy (non-hydrogen) atoms. The van der Waals surface area contributed by atoms with Crippen molar-refractivity contribution in [1.82, 2.24) is 10.2 Å². The molecular weight excluding hydrogens is 464 g/mol. The number of β-amino-alcohol motifs (C(OH)–C–C–N with tert-alkyl or cyclic N) is 1. The molecule has 0 bridgehead atoms. The van der Waals surface area contributed by atoms with Gasteiger partial charge in [0.1, 0.15) is 11.4 Å². The van der Waals surface area contributed by atoms with Crippen LogP contribution in [0.2, 0.25) is 0 Å². The highest BCUT2D eigenvalue weighted by molar-refractivity contribution is 6.03. The highest BCUT2D eigenvalue weighted by Crippen LogP contribution is 2.36. The molecule has 9 heteroatoms. The lowest BCUT2D eigenvalue weighted by Gasteiger charge is -2.46. The molecule has 3 rings (SSSR count). The van der Waals surface area contributed by atoms with Gasteiger partial charge in [-0.1, -0.05) is 33.3 Å². The minimum atomic E-state index is -1.05. The predicted octanol–water partition coefficient (Wildman–Crippen LogP) is 4.52. The van der Waals surface area contributed by atoms with E-state index in [2.05, 4.69) is 17.6 Å². The molecule has 1 saturated heterocycles. The second-order valence-corrected chi connectivity index (χ2v) is 8.95. The lowest BCUT2D eigenvalue weighted by molar-refractivity contribution is -0.0784. The molecule has 0 radical (unpaired) electrons. The molecular formula is C27H39F2N5O2. The first-order chi connectivity index (χ1) is 17.1. The van der Waals surface area contributed by atoms with Crippen molar-refractivity contribution in [3.05, 3.63) is 58.8 Å². The quantitative estimate of drug-likeness (QED) is 0.254. The van der Waals surface area contributed by atoms with Crippen LogP contribution in [0.15, 0.2) is 30.5 Å². The lowest BCUT2D eigenvalue weighted by Crippen LogP contribution is -2.67. The molecule has 2 aromatic carbocycles. The number of aliphatic hydroxyl groups is 1. The fraction of sp³-hybridized carbons (Fsp3) is 0.444. The number of halogens is 2. The van der Waals surface area contributed by atoms with Gasteiger partial charge < -0.3 is 32.1 Å². The summed E-state index contributed by atoms with van der Waals surface area (Å²) in [6, 6.07) is 5.90. The number of allylic oxidation sites excluding steroid dienone is 1. The molecule has 7 N–H and O–H groups in total. The number of benzene rings is 2. The third-order valence-corrected chi connectivity index (χ3v) is 6.01. The number of amides is 1. The van der Waals surface area contributed by atoms with Crippen LogP contribution in [-0.2, 0) is 0 Å². The van der Waals surface area contributed by atoms with E-state index in [1.165, 1.54) is 29.3 Å². The molecule has 0 atom stereocenters. The maximum absolute atomic E-state index is 15.4. The minimum absolute atomic E-state index is 0.0111. The summed E-state index contributed by atoms with van der Waals surface area (Å²) in [6.07, 6.45) is 3.30. The molecule has 0 aliphatic carbocycles. The van der Waals surface area contributed by atoms with E-state index in [9.17, 15) is 14.3 Å². The Morgan fingerprint density at radius 1 is 1.22 bits per heavy atom. The summed E-state index contributed by atoms with van der Waals surface area (Å²) in [5, 5.41) is 16.6. The van der Waals surface area contributed by atoms with Crippen LogP contribution in [0.25, 0.3) is 5.57 Å². The molecule has 2 aromatic rings. The molecule has 0 spiro atoms. The van der Waals surface area contributed by atoms with Gasteiger partial charge in [0.05, 0.1) is 35.7 Å². The summed E-state index contributed by atoms with van der Waals surface area (Å²) < 4.78 is 29.9. The van der Waals surface area contributed by atoms with Crippen molar-refractivity contribution >= 4 is 28.5 Å². The Morgan fingerprint density at radius 2 is 1.89 bits per heavy atom. The van der Waals surface area contributed by atoms with E-state index in [0.29, 0.717) is 17.7 Å². The number of hydrogen-bond donors (Lipinski definition) is 5. The number of nitrogen functional groups attached to an aromatic ring is 1. The van der Waals surface area contributed by atoms with Gasteiger partial charge in [0, 0.05) is 12.1 Å². The Kier molecular flexibility index (Phi) is 10.2. The summed E-state index contributed by atoms with van der Waals surface area (Å²) in [6.45, 7) is 10.8. The van der Waals surface area contributed by atoms with E-state index in [-0.39, 0.29) is 41.3 Å². The fourth-order valence-corrected chi connectivity index (χ4v) is 3.94. The summed E-state index contributed by atoms with van der Waals surface area (Å²) in [5.74, 6) is -1.97. The van der Waals surface area contributed by atoms with E-state index in [0.717, 1.165) is 19.4 Å². The SMILES string of the molecule is CC.CCCCNCC1(O)CN(C(=O)c2cc(/C(C)=C\N)c(N)c(F)c2Nc2ccc(C)cc2F)C1. The van der Waals surface area contributed by atoms with Crippen LogP contribution >= 0.6 is 0 Å². The number of carbonyl (C=O) groups is 1. The highest BCUT2D eigenvalue weighted by atomic mass is 19.1. The maximum Gasteiger partial charge on any atom is 0.256 e. The van der Waals surface area contributed by atoms with E-state index in [1.54, 1.807) is 19.9 Å². The molecule has 1 aliphatic heterocycles. The average molecular weight is 504 g/mol. The molecule has 1 aliphatic rings. The van der Waals surface area contributed by atoms with Crippen molar-refractivity contribution in [3.63, 3.8) is 0 Å². The first-order valence-electron chi connectivity index (χ1n) is 12.4. The first kappa shape index (κ1) is 29.1. The number of carbonyl (C=O) groups excluding carboxylic acids is 1. The van der Waals surface area contributed by atoms with Gasteiger partial charge in [-0.2, -0.15) is 0 Å². The Labute approximate surface area is 212 Å². The largest absolute Gasteiger partial charge is 0.404 e. The number of nitrogens with one attached hydrogen (secondary N) is 2. The first-order valence-corrected chi connectivity index (χ1v) is 12.4. The summed E-state index contributed by atoms with van der Waals surface area (Å²) in [4.78, 5) is 14.8. The van der Waals surface area contributed by atoms with Crippen LogP contribution < -0.4 is 22.1 Å². The number of anilines is 3. The Hall–Kier alpha value is -3.17. The monoisotopic (exact) mass is 503 g/mol. The Bertz CT molecular complexity index is 1100. The van der Waals surface area contributed by atoms with Gasteiger partial charge in [-0.3, -0.25) is 4.79 Å². The number of likely N-dealkylation sites (tertiary alicyclic amines) is 1. The number of nitrogens with two attached hydrogens (primary N) is 2. The van der Waals surface area contributed by atoms with Gasteiger partial charge in [0.2, 0.25) is 0 Å². The minimum Gasteiger partial charge on any atom is -0.404 e. The lowest BCUT2D eigenvalue weighted by atomic mass is 9.92. The van der Waals surface area contributed by atoms with Crippen LogP contribution in [0.4, 0.5) is 25.8 Å². The summed E-state index contributed by atoms with van der Waals surface area (Å²) in [5.41, 5.74) is 11.6. The Balaban J connectivity index is 0.00000222. The van der Waals surface area contributed by atoms with Gasteiger partial charge in [0.25, 0.3) is 5.91 Å². The number of nitrogens with zero attached hydrogens (tertiary/aromatic N) is 1. The van der Waals surface area contributed by atoms with Gasteiger partial charge >= 0.3 is 0 Å². The van der Waals surface area contributed by atoms with Crippen LogP contribution in [0.1, 0.15) is 62.0 Å². The van der Waals surface area contributed by atoms with Crippen LogP contribution in [0.3, 0.4) is 0 Å². The standard InChI is InChI=1S/C25H33F2N5O2.C2H6/c1-4-5-8-30-12-25(34)13-32(14-25)24(33)18-10-17(16(3)11-28)22(29)21(27)23(18)31-20-7-6-15(2)9-19(20)26;1-2/h6-7,9-11,30-31,34H,4-5,8,12-14,28-29H2,1-3H3;1-2H3/b16-11-;. The number of hydrogen-bond acceptors (Lipinski definition) is 6. The second kappa shape index (κ2) is 12.7. The van der Waals surface area contributed by atoms with Gasteiger partial charge in [-0.25, -0.2) is 8.78 Å². The summed E-state index contributed by atoms with van der Waals surface area (Å²) >= 11 is 0. The van der Waals surface area contributed by atoms with E-state index < -0.39 is 23.1 Å². The van der Waals surface area contributed by atoms with Crippen LogP contribution in [0, 0.1) is 18.6 Å². The molecule has 1 heterocycles. The molecule has 0 aromatic heterocycles. The van der Waals surface area contributed by atoms with Crippen molar-refractivity contribution in [2.75, 3.05) is 37.2 Å². The third kappa shape index (κ3) is 6.53. The van der Waals surface area contributed by atoms with Gasteiger partial charge in [-0.15, -0.1) is 0 Å². The van der Waals surface area contributed by atoms with Crippen LogP contribution in [-0.4, -0.2) is 47.7 Å². The van der Waals surface area contributed by atoms with Crippen molar-refractivity contribution in [3.8, 4) is 0 Å². The van der Waals surface area contributed by atoms with Crippen molar-refractivity contribution < 1.29 is 18.7 Å². The normalized spacial score (nSPS) is 14.6. The topological polar surface area (TPSA) is 117 Å². The third-order valence-electron chi connectivity index (χ3n) is 6.01. The maximum atomic E-state index is 15.4. The van der Waals surface area contributed by atoms with Gasteiger partial charge in [-0.05, 0) is 62.3 Å². The van der Waals surface area contributed by atoms with E-state index in [1.807, 2.05) is 13.8 Å². The fourth-order valence-electron chi connectivity index (χ4n) is 3.94. The molecule has 1 amide bonds. The Morgan fingerprint density at radius 3 is 2.47 bits per heavy atom. The average Bonchev–Trinajstić information content (AvgIpc) is 2.85. The van der Waals surface area contributed by atoms with Crippen LogP contribution in [0.5, 0.6) is 0 Å². The predicted molar refractivity (Wildman–Crippen MR) is 143 cm³/mol. The van der Waals surface area contributed by atoms with Crippen molar-refractivity contribution in [2.45, 2.75) is 53.1 Å².